The Morgan fingerprint density at radius 2 is 2.00 bits per heavy atom. The van der Waals surface area contributed by atoms with Crippen LogP contribution in [0.15, 0.2) is 0 Å². The molecule has 90 valence electrons. The first-order valence-corrected chi connectivity index (χ1v) is 5.66. The minimum atomic E-state index is 0.0819. The van der Waals surface area contributed by atoms with Crippen molar-refractivity contribution in [3.63, 3.8) is 0 Å². The van der Waals surface area contributed by atoms with Crippen molar-refractivity contribution in [1.82, 2.24) is 15.0 Å². The molecule has 0 N–H and O–H groups in total. The van der Waals surface area contributed by atoms with E-state index in [4.69, 9.17) is 16.3 Å². The second-order valence-electron chi connectivity index (χ2n) is 3.80. The molecule has 0 spiro atoms. The zero-order chi connectivity index (χ0) is 12.1. The van der Waals surface area contributed by atoms with E-state index in [0.29, 0.717) is 5.95 Å². The molecule has 6 heteroatoms. The SMILES string of the molecule is CCCC(C)Oc1nc(Cl)nc(N(C)C)n1. The Kier molecular flexibility index (Phi) is 4.73. The lowest BCUT2D eigenvalue weighted by Crippen LogP contribution is -2.17. The fourth-order valence-corrected chi connectivity index (χ4v) is 1.37. The quantitative estimate of drug-likeness (QED) is 0.795. The van der Waals surface area contributed by atoms with E-state index in [1.807, 2.05) is 21.0 Å². The lowest BCUT2D eigenvalue weighted by Gasteiger charge is -2.14. The molecule has 1 aromatic heterocycles. The summed E-state index contributed by atoms with van der Waals surface area (Å²) in [6, 6.07) is 0.282. The molecule has 0 bridgehead atoms. The summed E-state index contributed by atoms with van der Waals surface area (Å²) in [5, 5.41) is 0.150. The average molecular weight is 245 g/mol. The molecule has 1 unspecified atom stereocenters. The van der Waals surface area contributed by atoms with Crippen molar-refractivity contribution in [3.8, 4) is 6.01 Å². The van der Waals surface area contributed by atoms with Gasteiger partial charge in [-0.05, 0) is 24.9 Å². The predicted octanol–water partition coefficient (Wildman–Crippen LogP) is 2.16. The van der Waals surface area contributed by atoms with E-state index in [1.54, 1.807) is 4.90 Å². The van der Waals surface area contributed by atoms with Crippen molar-refractivity contribution >= 4 is 17.5 Å². The topological polar surface area (TPSA) is 51.1 Å². The summed E-state index contributed by atoms with van der Waals surface area (Å²) in [5.41, 5.74) is 0. The molecule has 0 saturated carbocycles. The minimum absolute atomic E-state index is 0.0819. The van der Waals surface area contributed by atoms with E-state index in [9.17, 15) is 0 Å². The van der Waals surface area contributed by atoms with Crippen molar-refractivity contribution in [2.75, 3.05) is 19.0 Å². The summed E-state index contributed by atoms with van der Waals surface area (Å²) in [6.45, 7) is 4.09. The van der Waals surface area contributed by atoms with Crippen LogP contribution >= 0.6 is 11.6 Å². The Hall–Kier alpha value is -1.10. The third kappa shape index (κ3) is 3.81. The van der Waals surface area contributed by atoms with Crippen LogP contribution in [0.4, 0.5) is 5.95 Å². The van der Waals surface area contributed by atoms with Crippen LogP contribution in [0.2, 0.25) is 5.28 Å². The van der Waals surface area contributed by atoms with Crippen LogP contribution in [0.5, 0.6) is 6.01 Å². The Balaban J connectivity index is 2.80. The summed E-state index contributed by atoms with van der Waals surface area (Å²) in [4.78, 5) is 13.8. The van der Waals surface area contributed by atoms with Gasteiger partial charge in [0.05, 0.1) is 6.10 Å². The maximum atomic E-state index is 5.79. The molecule has 0 aromatic carbocycles. The predicted molar refractivity (Wildman–Crippen MR) is 64.2 cm³/mol. The smallest absolute Gasteiger partial charge is 0.322 e. The van der Waals surface area contributed by atoms with Crippen LogP contribution in [0, 0.1) is 0 Å². The molecular formula is C10H17ClN4O. The highest BCUT2D eigenvalue weighted by Gasteiger charge is 2.10. The standard InChI is InChI=1S/C10H17ClN4O/c1-5-6-7(2)16-10-13-8(11)12-9(14-10)15(3)4/h7H,5-6H2,1-4H3. The number of halogens is 1. The molecule has 5 nitrogen and oxygen atoms in total. The average Bonchev–Trinajstić information content (AvgIpc) is 2.16. The highest BCUT2D eigenvalue weighted by molar-refractivity contribution is 6.28. The molecule has 0 aliphatic carbocycles. The van der Waals surface area contributed by atoms with Crippen molar-refractivity contribution in [1.29, 1.82) is 0 Å². The number of nitrogens with zero attached hydrogens (tertiary/aromatic N) is 4. The van der Waals surface area contributed by atoms with E-state index in [1.165, 1.54) is 0 Å². The molecule has 0 aliphatic rings. The highest BCUT2D eigenvalue weighted by atomic mass is 35.5. The van der Waals surface area contributed by atoms with E-state index in [-0.39, 0.29) is 17.4 Å². The Bertz CT molecular complexity index is 346. The lowest BCUT2D eigenvalue weighted by molar-refractivity contribution is 0.192. The van der Waals surface area contributed by atoms with Gasteiger partial charge >= 0.3 is 6.01 Å². The van der Waals surface area contributed by atoms with Gasteiger partial charge in [-0.15, -0.1) is 0 Å². The summed E-state index contributed by atoms with van der Waals surface area (Å²) < 4.78 is 5.55. The molecule has 1 rings (SSSR count). The van der Waals surface area contributed by atoms with Crippen molar-refractivity contribution in [3.05, 3.63) is 5.28 Å². The summed E-state index contributed by atoms with van der Waals surface area (Å²) in [7, 11) is 3.68. The number of hydrogen-bond acceptors (Lipinski definition) is 5. The minimum Gasteiger partial charge on any atom is -0.460 e. The zero-order valence-electron chi connectivity index (χ0n) is 10.1. The Labute approximate surface area is 101 Å². The number of aromatic nitrogens is 3. The van der Waals surface area contributed by atoms with Crippen LogP contribution < -0.4 is 9.64 Å². The molecule has 1 atom stereocenters. The van der Waals surface area contributed by atoms with E-state index >= 15 is 0 Å². The molecule has 16 heavy (non-hydrogen) atoms. The first kappa shape index (κ1) is 13.0. The number of anilines is 1. The van der Waals surface area contributed by atoms with Gasteiger partial charge in [0.2, 0.25) is 11.2 Å². The fourth-order valence-electron chi connectivity index (χ4n) is 1.22. The molecule has 0 saturated heterocycles. The molecule has 0 radical (unpaired) electrons. The first-order valence-electron chi connectivity index (χ1n) is 5.28. The maximum Gasteiger partial charge on any atom is 0.322 e. The summed E-state index contributed by atoms with van der Waals surface area (Å²) in [6.07, 6.45) is 2.10. The van der Waals surface area contributed by atoms with Crippen molar-refractivity contribution in [2.24, 2.45) is 0 Å². The van der Waals surface area contributed by atoms with E-state index < -0.39 is 0 Å². The number of ether oxygens (including phenoxy) is 1. The summed E-state index contributed by atoms with van der Waals surface area (Å²) >= 11 is 5.79. The molecular weight excluding hydrogens is 228 g/mol. The van der Waals surface area contributed by atoms with E-state index in [2.05, 4.69) is 21.9 Å². The van der Waals surface area contributed by atoms with Crippen LogP contribution in [0.25, 0.3) is 0 Å². The second-order valence-corrected chi connectivity index (χ2v) is 4.14. The molecule has 1 heterocycles. The highest BCUT2D eigenvalue weighted by Crippen LogP contribution is 2.15. The number of hydrogen-bond donors (Lipinski definition) is 0. The fraction of sp³-hybridized carbons (Fsp3) is 0.700. The van der Waals surface area contributed by atoms with Crippen LogP contribution in [0.1, 0.15) is 26.7 Å². The van der Waals surface area contributed by atoms with Gasteiger partial charge in [-0.3, -0.25) is 0 Å². The van der Waals surface area contributed by atoms with Gasteiger partial charge in [0, 0.05) is 14.1 Å². The molecule has 0 fully saturated rings. The van der Waals surface area contributed by atoms with Crippen LogP contribution in [-0.2, 0) is 0 Å². The van der Waals surface area contributed by atoms with Gasteiger partial charge in [-0.2, -0.15) is 15.0 Å². The van der Waals surface area contributed by atoms with Crippen LogP contribution in [-0.4, -0.2) is 35.2 Å². The van der Waals surface area contributed by atoms with Crippen LogP contribution in [0.3, 0.4) is 0 Å². The Morgan fingerprint density at radius 1 is 1.31 bits per heavy atom. The monoisotopic (exact) mass is 244 g/mol. The van der Waals surface area contributed by atoms with Gasteiger partial charge in [-0.1, -0.05) is 13.3 Å². The maximum absolute atomic E-state index is 5.79. The first-order chi connectivity index (χ1) is 7.52. The molecule has 1 aromatic rings. The van der Waals surface area contributed by atoms with Gasteiger partial charge in [0.15, 0.2) is 0 Å². The molecule has 0 amide bonds. The third-order valence-corrected chi connectivity index (χ3v) is 2.15. The van der Waals surface area contributed by atoms with Gasteiger partial charge in [0.1, 0.15) is 0 Å². The van der Waals surface area contributed by atoms with Crippen molar-refractivity contribution < 1.29 is 4.74 Å². The van der Waals surface area contributed by atoms with Gasteiger partial charge < -0.3 is 9.64 Å². The van der Waals surface area contributed by atoms with Gasteiger partial charge in [0.25, 0.3) is 0 Å². The summed E-state index contributed by atoms with van der Waals surface area (Å²) in [5.74, 6) is 0.499. The van der Waals surface area contributed by atoms with E-state index in [0.717, 1.165) is 12.8 Å². The van der Waals surface area contributed by atoms with Gasteiger partial charge in [-0.25, -0.2) is 0 Å². The normalized spacial score (nSPS) is 12.3. The Morgan fingerprint density at radius 3 is 2.56 bits per heavy atom. The number of rotatable bonds is 5. The largest absolute Gasteiger partial charge is 0.460 e. The molecule has 0 aliphatic heterocycles. The second kappa shape index (κ2) is 5.84. The zero-order valence-corrected chi connectivity index (χ0v) is 10.8. The lowest BCUT2D eigenvalue weighted by atomic mass is 10.2. The third-order valence-electron chi connectivity index (χ3n) is 1.98. The van der Waals surface area contributed by atoms with Crippen molar-refractivity contribution in [2.45, 2.75) is 32.8 Å².